The number of hydrogen-bond acceptors (Lipinski definition) is 3. The molecule has 0 aliphatic carbocycles. The summed E-state index contributed by atoms with van der Waals surface area (Å²) in [7, 11) is 0. The Morgan fingerprint density at radius 3 is 2.83 bits per heavy atom. The number of carbonyl (C=O) groups excluding carboxylic acids is 1. The molecule has 1 saturated heterocycles. The van der Waals surface area contributed by atoms with Gasteiger partial charge in [-0.25, -0.2) is 0 Å². The van der Waals surface area contributed by atoms with Crippen LogP contribution in [0.2, 0.25) is 0 Å². The van der Waals surface area contributed by atoms with Crippen molar-refractivity contribution in [2.45, 2.75) is 58.3 Å². The van der Waals surface area contributed by atoms with Crippen LogP contribution in [0.4, 0.5) is 0 Å². The van der Waals surface area contributed by atoms with E-state index in [-0.39, 0.29) is 18.1 Å². The van der Waals surface area contributed by atoms with Gasteiger partial charge in [-0.05, 0) is 42.2 Å². The van der Waals surface area contributed by atoms with Gasteiger partial charge in [0, 0.05) is 6.04 Å². The molecule has 3 nitrogen and oxygen atoms in total. The number of thiophene rings is 1. The number of nitrogens with zero attached hydrogens (tertiary/aromatic N) is 1. The maximum Gasteiger partial charge on any atom is 0.241 e. The monoisotopic (exact) mass is 266 g/mol. The largest absolute Gasteiger partial charge is 0.319 e. The van der Waals surface area contributed by atoms with Crippen molar-refractivity contribution in [3.8, 4) is 0 Å². The molecule has 0 aromatic carbocycles. The number of nitrogens with one attached hydrogen (secondary N) is 1. The Morgan fingerprint density at radius 1 is 1.50 bits per heavy atom. The highest BCUT2D eigenvalue weighted by Gasteiger charge is 2.40. The fourth-order valence-corrected chi connectivity index (χ4v) is 3.37. The SMILES string of the molecule is CCCC(CC)N1C(=O)C(C)NC1c1ccsc1. The number of hydrogen-bond donors (Lipinski definition) is 1. The molecular weight excluding hydrogens is 244 g/mol. The van der Waals surface area contributed by atoms with E-state index in [4.69, 9.17) is 0 Å². The van der Waals surface area contributed by atoms with E-state index in [0.29, 0.717) is 6.04 Å². The smallest absolute Gasteiger partial charge is 0.241 e. The van der Waals surface area contributed by atoms with E-state index in [1.54, 1.807) is 11.3 Å². The first-order valence-corrected chi connectivity index (χ1v) is 7.73. The first-order valence-electron chi connectivity index (χ1n) is 6.79. The Morgan fingerprint density at radius 2 is 2.28 bits per heavy atom. The molecule has 1 aromatic rings. The van der Waals surface area contributed by atoms with E-state index in [9.17, 15) is 4.79 Å². The van der Waals surface area contributed by atoms with Crippen LogP contribution >= 0.6 is 11.3 Å². The molecule has 1 aliphatic heterocycles. The lowest BCUT2D eigenvalue weighted by Crippen LogP contribution is -2.39. The third-order valence-corrected chi connectivity index (χ3v) is 4.36. The predicted molar refractivity (Wildman–Crippen MR) is 75.5 cm³/mol. The summed E-state index contributed by atoms with van der Waals surface area (Å²) in [4.78, 5) is 14.4. The third-order valence-electron chi connectivity index (χ3n) is 3.66. The average Bonchev–Trinajstić information content (AvgIpc) is 2.97. The molecule has 100 valence electrons. The summed E-state index contributed by atoms with van der Waals surface area (Å²) in [5.74, 6) is 0.242. The molecule has 4 heteroatoms. The molecular formula is C14H22N2OS. The molecule has 18 heavy (non-hydrogen) atoms. The van der Waals surface area contributed by atoms with Gasteiger partial charge in [0.1, 0.15) is 6.17 Å². The molecule has 2 rings (SSSR count). The standard InChI is InChI=1S/C14H22N2OS/c1-4-6-12(5-2)16-13(11-7-8-18-9-11)15-10(3)14(16)17/h7-10,12-13,15H,4-6H2,1-3H3. The Labute approximate surface area is 113 Å². The lowest BCUT2D eigenvalue weighted by molar-refractivity contribution is -0.132. The van der Waals surface area contributed by atoms with Gasteiger partial charge in [-0.3, -0.25) is 10.1 Å². The maximum atomic E-state index is 12.4. The van der Waals surface area contributed by atoms with Crippen molar-refractivity contribution in [1.29, 1.82) is 0 Å². The molecule has 0 spiro atoms. The van der Waals surface area contributed by atoms with Crippen LogP contribution in [0.3, 0.4) is 0 Å². The van der Waals surface area contributed by atoms with Gasteiger partial charge in [0.05, 0.1) is 6.04 Å². The summed E-state index contributed by atoms with van der Waals surface area (Å²) in [6.45, 7) is 6.31. The second-order valence-corrected chi connectivity index (χ2v) is 5.72. The van der Waals surface area contributed by atoms with Crippen LogP contribution in [0.5, 0.6) is 0 Å². The van der Waals surface area contributed by atoms with Gasteiger partial charge in [0.15, 0.2) is 0 Å². The van der Waals surface area contributed by atoms with Crippen molar-refractivity contribution in [2.24, 2.45) is 0 Å². The summed E-state index contributed by atoms with van der Waals surface area (Å²) in [6, 6.07) is 2.39. The van der Waals surface area contributed by atoms with Gasteiger partial charge in [0.25, 0.3) is 0 Å². The molecule has 1 N–H and O–H groups in total. The zero-order valence-corrected chi connectivity index (χ0v) is 12.2. The Bertz CT molecular complexity index is 391. The molecule has 1 amide bonds. The highest BCUT2D eigenvalue weighted by Crippen LogP contribution is 2.31. The quantitative estimate of drug-likeness (QED) is 0.888. The van der Waals surface area contributed by atoms with E-state index in [2.05, 4.69) is 40.9 Å². The summed E-state index contributed by atoms with van der Waals surface area (Å²) < 4.78 is 0. The van der Waals surface area contributed by atoms with Gasteiger partial charge >= 0.3 is 0 Å². The van der Waals surface area contributed by atoms with Crippen molar-refractivity contribution in [3.05, 3.63) is 22.4 Å². The molecule has 1 aromatic heterocycles. The van der Waals surface area contributed by atoms with Crippen LogP contribution in [0.1, 0.15) is 51.8 Å². The van der Waals surface area contributed by atoms with Crippen LogP contribution in [0.25, 0.3) is 0 Å². The predicted octanol–water partition coefficient (Wildman–Crippen LogP) is 3.15. The Kier molecular flexibility index (Phi) is 4.40. The van der Waals surface area contributed by atoms with E-state index in [1.165, 1.54) is 5.56 Å². The highest BCUT2D eigenvalue weighted by molar-refractivity contribution is 7.07. The molecule has 2 heterocycles. The van der Waals surface area contributed by atoms with Crippen LogP contribution in [0, 0.1) is 0 Å². The summed E-state index contributed by atoms with van der Waals surface area (Å²) in [6.07, 6.45) is 3.29. The average molecular weight is 266 g/mol. The first-order chi connectivity index (χ1) is 8.69. The molecule has 0 radical (unpaired) electrons. The zero-order valence-electron chi connectivity index (χ0n) is 11.3. The lowest BCUT2D eigenvalue weighted by atomic mass is 10.1. The van der Waals surface area contributed by atoms with Crippen LogP contribution < -0.4 is 5.32 Å². The number of amides is 1. The summed E-state index contributed by atoms with van der Waals surface area (Å²) in [5.41, 5.74) is 1.22. The van der Waals surface area contributed by atoms with E-state index in [1.807, 2.05) is 6.92 Å². The molecule has 1 aliphatic rings. The van der Waals surface area contributed by atoms with Gasteiger partial charge < -0.3 is 4.90 Å². The number of carbonyl (C=O) groups is 1. The molecule has 1 fully saturated rings. The first kappa shape index (κ1) is 13.6. The minimum Gasteiger partial charge on any atom is -0.319 e. The maximum absolute atomic E-state index is 12.4. The second kappa shape index (κ2) is 5.85. The van der Waals surface area contributed by atoms with Gasteiger partial charge in [-0.15, -0.1) is 0 Å². The minimum absolute atomic E-state index is 0.0650. The van der Waals surface area contributed by atoms with E-state index >= 15 is 0 Å². The van der Waals surface area contributed by atoms with Crippen LogP contribution in [-0.2, 0) is 4.79 Å². The normalized spacial score (nSPS) is 25.7. The van der Waals surface area contributed by atoms with Gasteiger partial charge in [0.2, 0.25) is 5.91 Å². The molecule has 3 unspecified atom stereocenters. The van der Waals surface area contributed by atoms with Gasteiger partial charge in [-0.1, -0.05) is 20.3 Å². The fraction of sp³-hybridized carbons (Fsp3) is 0.643. The van der Waals surface area contributed by atoms with Crippen molar-refractivity contribution in [3.63, 3.8) is 0 Å². The highest BCUT2D eigenvalue weighted by atomic mass is 32.1. The summed E-state index contributed by atoms with van der Waals surface area (Å²) >= 11 is 1.69. The second-order valence-electron chi connectivity index (χ2n) is 4.94. The van der Waals surface area contributed by atoms with Crippen molar-refractivity contribution >= 4 is 17.2 Å². The van der Waals surface area contributed by atoms with Gasteiger partial charge in [-0.2, -0.15) is 11.3 Å². The minimum atomic E-state index is -0.0687. The zero-order chi connectivity index (χ0) is 13.1. The number of rotatable bonds is 5. The van der Waals surface area contributed by atoms with Crippen molar-refractivity contribution in [1.82, 2.24) is 10.2 Å². The molecule has 3 atom stereocenters. The summed E-state index contributed by atoms with van der Waals surface area (Å²) in [5, 5.41) is 7.62. The Balaban J connectivity index is 2.25. The molecule has 0 saturated carbocycles. The lowest BCUT2D eigenvalue weighted by Gasteiger charge is -2.32. The topological polar surface area (TPSA) is 32.3 Å². The van der Waals surface area contributed by atoms with Crippen molar-refractivity contribution < 1.29 is 4.79 Å². The van der Waals surface area contributed by atoms with Crippen molar-refractivity contribution in [2.75, 3.05) is 0 Å². The fourth-order valence-electron chi connectivity index (χ4n) is 2.69. The van der Waals surface area contributed by atoms with E-state index < -0.39 is 0 Å². The van der Waals surface area contributed by atoms with E-state index in [0.717, 1.165) is 19.3 Å². The van der Waals surface area contributed by atoms with Crippen LogP contribution in [-0.4, -0.2) is 22.9 Å². The van der Waals surface area contributed by atoms with Crippen LogP contribution in [0.15, 0.2) is 16.8 Å². The molecule has 0 bridgehead atoms. The third kappa shape index (κ3) is 2.45. The Hall–Kier alpha value is -0.870.